The predicted molar refractivity (Wildman–Crippen MR) is 83.6 cm³/mol. The summed E-state index contributed by atoms with van der Waals surface area (Å²) in [6, 6.07) is 10.7. The Morgan fingerprint density at radius 3 is 2.85 bits per heavy atom. The van der Waals surface area contributed by atoms with E-state index in [0.29, 0.717) is 5.28 Å². The van der Waals surface area contributed by atoms with Gasteiger partial charge in [-0.1, -0.05) is 24.3 Å². The molecule has 2 aromatic heterocycles. The lowest BCUT2D eigenvalue weighted by Gasteiger charge is -2.30. The van der Waals surface area contributed by atoms with Gasteiger partial charge in [-0.2, -0.15) is 4.98 Å². The van der Waals surface area contributed by atoms with Crippen LogP contribution in [0.3, 0.4) is 0 Å². The molecule has 3 nitrogen and oxygen atoms in total. The highest BCUT2D eigenvalue weighted by atomic mass is 35.5. The van der Waals surface area contributed by atoms with Crippen LogP contribution in [0.5, 0.6) is 0 Å². The first-order valence-electron chi connectivity index (χ1n) is 6.54. The molecule has 5 heteroatoms. The maximum atomic E-state index is 6.06. The summed E-state index contributed by atoms with van der Waals surface area (Å²) in [6.07, 6.45) is 1.05. The van der Waals surface area contributed by atoms with E-state index in [2.05, 4.69) is 45.2 Å². The Kier molecular flexibility index (Phi) is 2.86. The lowest BCUT2D eigenvalue weighted by molar-refractivity contribution is 0.723. The van der Waals surface area contributed by atoms with Crippen LogP contribution in [0, 0.1) is 0 Å². The average molecular weight is 302 g/mol. The van der Waals surface area contributed by atoms with Crippen molar-refractivity contribution < 1.29 is 0 Å². The zero-order chi connectivity index (χ0) is 13.5. The molecule has 0 unspecified atom stereocenters. The standard InChI is InChI=1S/C15H12ClN3S/c16-15-17-13(12-6-8-20-14(12)18-15)19-7-5-10-3-1-2-4-11(10)9-19/h1-4,6,8H,5,7,9H2. The molecule has 0 radical (unpaired) electrons. The first kappa shape index (κ1) is 12.1. The van der Waals surface area contributed by atoms with E-state index in [9.17, 15) is 0 Å². The molecule has 0 amide bonds. The third-order valence-electron chi connectivity index (χ3n) is 3.71. The number of anilines is 1. The van der Waals surface area contributed by atoms with Gasteiger partial charge in [-0.05, 0) is 40.6 Å². The van der Waals surface area contributed by atoms with Gasteiger partial charge in [0.05, 0.1) is 5.39 Å². The molecule has 0 aliphatic carbocycles. The smallest absolute Gasteiger partial charge is 0.225 e. The fourth-order valence-electron chi connectivity index (χ4n) is 2.73. The van der Waals surface area contributed by atoms with Crippen molar-refractivity contribution in [2.75, 3.05) is 11.4 Å². The second-order valence-corrected chi connectivity index (χ2v) is 6.13. The van der Waals surface area contributed by atoms with Crippen LogP contribution in [0.1, 0.15) is 11.1 Å². The van der Waals surface area contributed by atoms with Crippen LogP contribution in [-0.2, 0) is 13.0 Å². The number of benzene rings is 1. The van der Waals surface area contributed by atoms with Crippen molar-refractivity contribution >= 4 is 39.0 Å². The van der Waals surface area contributed by atoms with Crippen molar-refractivity contribution in [2.45, 2.75) is 13.0 Å². The van der Waals surface area contributed by atoms with E-state index in [1.165, 1.54) is 11.1 Å². The van der Waals surface area contributed by atoms with E-state index >= 15 is 0 Å². The van der Waals surface area contributed by atoms with Crippen LogP contribution in [-0.4, -0.2) is 16.5 Å². The Bertz CT molecular complexity index is 784. The van der Waals surface area contributed by atoms with E-state index in [-0.39, 0.29) is 0 Å². The van der Waals surface area contributed by atoms with Crippen molar-refractivity contribution in [2.24, 2.45) is 0 Å². The molecule has 1 aliphatic rings. The fraction of sp³-hybridized carbons (Fsp3) is 0.200. The van der Waals surface area contributed by atoms with Crippen LogP contribution in [0.15, 0.2) is 35.7 Å². The number of hydrogen-bond donors (Lipinski definition) is 0. The molecule has 0 saturated heterocycles. The van der Waals surface area contributed by atoms with Gasteiger partial charge >= 0.3 is 0 Å². The van der Waals surface area contributed by atoms with Gasteiger partial charge in [0, 0.05) is 13.1 Å². The molecule has 4 rings (SSSR count). The van der Waals surface area contributed by atoms with E-state index in [1.807, 2.05) is 5.38 Å². The molecular formula is C15H12ClN3S. The monoisotopic (exact) mass is 301 g/mol. The molecule has 100 valence electrons. The third-order valence-corrected chi connectivity index (χ3v) is 4.68. The van der Waals surface area contributed by atoms with Crippen molar-refractivity contribution in [3.8, 4) is 0 Å². The Morgan fingerprint density at radius 1 is 1.10 bits per heavy atom. The van der Waals surface area contributed by atoms with Crippen molar-refractivity contribution in [1.82, 2.24) is 9.97 Å². The molecule has 0 atom stereocenters. The summed E-state index contributed by atoms with van der Waals surface area (Å²) in [5, 5.41) is 3.46. The highest BCUT2D eigenvalue weighted by Crippen LogP contribution is 2.31. The molecule has 1 aromatic carbocycles. The fourth-order valence-corrected chi connectivity index (χ4v) is 3.71. The lowest BCUT2D eigenvalue weighted by Crippen LogP contribution is -2.31. The van der Waals surface area contributed by atoms with Gasteiger partial charge in [-0.15, -0.1) is 11.3 Å². The summed E-state index contributed by atoms with van der Waals surface area (Å²) in [5.41, 5.74) is 2.81. The van der Waals surface area contributed by atoms with Crippen molar-refractivity contribution in [1.29, 1.82) is 0 Å². The molecular weight excluding hydrogens is 290 g/mol. The number of thiophene rings is 1. The van der Waals surface area contributed by atoms with Crippen LogP contribution < -0.4 is 4.90 Å². The zero-order valence-electron chi connectivity index (χ0n) is 10.7. The van der Waals surface area contributed by atoms with E-state index in [0.717, 1.165) is 35.5 Å². The number of halogens is 1. The lowest BCUT2D eigenvalue weighted by atomic mass is 10.00. The average Bonchev–Trinajstić information content (AvgIpc) is 2.94. The number of nitrogens with zero attached hydrogens (tertiary/aromatic N) is 3. The molecule has 0 N–H and O–H groups in total. The van der Waals surface area contributed by atoms with Crippen LogP contribution >= 0.6 is 22.9 Å². The Morgan fingerprint density at radius 2 is 1.95 bits per heavy atom. The number of rotatable bonds is 1. The largest absolute Gasteiger partial charge is 0.351 e. The summed E-state index contributed by atoms with van der Waals surface area (Å²) < 4.78 is 0. The number of hydrogen-bond acceptors (Lipinski definition) is 4. The van der Waals surface area contributed by atoms with Crippen molar-refractivity contribution in [3.05, 3.63) is 52.1 Å². The quantitative estimate of drug-likeness (QED) is 0.638. The van der Waals surface area contributed by atoms with Gasteiger partial charge < -0.3 is 4.90 Å². The Labute approximate surface area is 125 Å². The summed E-state index contributed by atoms with van der Waals surface area (Å²) in [5.74, 6) is 0.954. The van der Waals surface area contributed by atoms with Crippen molar-refractivity contribution in [3.63, 3.8) is 0 Å². The highest BCUT2D eigenvalue weighted by Gasteiger charge is 2.20. The molecule has 0 fully saturated rings. The molecule has 1 aliphatic heterocycles. The van der Waals surface area contributed by atoms with E-state index < -0.39 is 0 Å². The van der Waals surface area contributed by atoms with Crippen LogP contribution in [0.25, 0.3) is 10.2 Å². The minimum Gasteiger partial charge on any atom is -0.351 e. The van der Waals surface area contributed by atoms with Gasteiger partial charge in [0.2, 0.25) is 5.28 Å². The molecule has 0 saturated carbocycles. The minimum atomic E-state index is 0.328. The number of aromatic nitrogens is 2. The van der Waals surface area contributed by atoms with Gasteiger partial charge in [0.1, 0.15) is 10.6 Å². The summed E-state index contributed by atoms with van der Waals surface area (Å²) in [4.78, 5) is 12.0. The Balaban J connectivity index is 1.79. The first-order valence-corrected chi connectivity index (χ1v) is 7.79. The highest BCUT2D eigenvalue weighted by molar-refractivity contribution is 7.16. The van der Waals surface area contributed by atoms with Gasteiger partial charge in [-0.3, -0.25) is 0 Å². The summed E-state index contributed by atoms with van der Waals surface area (Å²) >= 11 is 7.66. The zero-order valence-corrected chi connectivity index (χ0v) is 12.3. The maximum absolute atomic E-state index is 6.06. The second-order valence-electron chi connectivity index (χ2n) is 4.90. The van der Waals surface area contributed by atoms with E-state index in [1.54, 1.807) is 11.3 Å². The Hall–Kier alpha value is -1.65. The molecule has 0 spiro atoms. The molecule has 0 bridgehead atoms. The van der Waals surface area contributed by atoms with Crippen LogP contribution in [0.4, 0.5) is 5.82 Å². The van der Waals surface area contributed by atoms with Crippen LogP contribution in [0.2, 0.25) is 5.28 Å². The predicted octanol–water partition coefficient (Wildman–Crippen LogP) is 3.91. The third kappa shape index (κ3) is 1.96. The topological polar surface area (TPSA) is 29.0 Å². The second kappa shape index (κ2) is 4.72. The van der Waals surface area contributed by atoms with Gasteiger partial charge in [0.15, 0.2) is 0 Å². The molecule has 3 heterocycles. The first-order chi connectivity index (χ1) is 9.81. The van der Waals surface area contributed by atoms with Gasteiger partial charge in [-0.25, -0.2) is 4.98 Å². The molecule has 20 heavy (non-hydrogen) atoms. The number of fused-ring (bicyclic) bond motifs is 2. The van der Waals surface area contributed by atoms with Gasteiger partial charge in [0.25, 0.3) is 0 Å². The minimum absolute atomic E-state index is 0.328. The normalized spacial score (nSPS) is 14.6. The molecule has 3 aromatic rings. The summed E-state index contributed by atoms with van der Waals surface area (Å²) in [7, 11) is 0. The summed E-state index contributed by atoms with van der Waals surface area (Å²) in [6.45, 7) is 1.85. The maximum Gasteiger partial charge on any atom is 0.225 e. The SMILES string of the molecule is Clc1nc(N2CCc3ccccc3C2)c2ccsc2n1. The van der Waals surface area contributed by atoms with E-state index in [4.69, 9.17) is 11.6 Å².